The van der Waals surface area contributed by atoms with Gasteiger partial charge in [-0.05, 0) is 19.4 Å². The van der Waals surface area contributed by atoms with Crippen molar-refractivity contribution in [2.24, 2.45) is 0 Å². The number of para-hydroxylation sites is 1. The van der Waals surface area contributed by atoms with Crippen LogP contribution in [0.2, 0.25) is 5.02 Å². The molecule has 1 atom stereocenters. The average molecular weight is 312 g/mol. The molecule has 1 aromatic heterocycles. The molecule has 0 saturated heterocycles. The van der Waals surface area contributed by atoms with Crippen molar-refractivity contribution in [3.8, 4) is 0 Å². The number of hydrogen-bond donors (Lipinski definition) is 1. The number of nitrogens with one attached hydrogen (secondary N) is 1. The maximum absolute atomic E-state index is 11.0. The van der Waals surface area contributed by atoms with Crippen molar-refractivity contribution in [3.05, 3.63) is 49.4 Å². The van der Waals surface area contributed by atoms with Gasteiger partial charge in [-0.2, -0.15) is 0 Å². The van der Waals surface area contributed by atoms with Gasteiger partial charge in [-0.25, -0.2) is 4.98 Å². The normalized spacial score (nSPS) is 12.2. The standard InChI is InChI=1S/C13H14ClN3O2S/c1-3-9-7-15-13(20-9)8(2)16-12-10(14)5-4-6-11(12)17(18)19/h4-8,16H,3H2,1-2H3. The van der Waals surface area contributed by atoms with Gasteiger partial charge in [0.2, 0.25) is 0 Å². The Balaban J connectivity index is 2.27. The van der Waals surface area contributed by atoms with Crippen LogP contribution in [0.1, 0.15) is 29.8 Å². The zero-order valence-corrected chi connectivity index (χ0v) is 12.7. The molecule has 1 heterocycles. The van der Waals surface area contributed by atoms with Crippen molar-refractivity contribution >= 4 is 34.3 Å². The van der Waals surface area contributed by atoms with Gasteiger partial charge in [0.1, 0.15) is 10.7 Å². The molecule has 0 bridgehead atoms. The van der Waals surface area contributed by atoms with Crippen molar-refractivity contribution in [1.82, 2.24) is 4.98 Å². The molecule has 106 valence electrons. The lowest BCUT2D eigenvalue weighted by atomic mass is 10.2. The number of anilines is 1. The van der Waals surface area contributed by atoms with Crippen LogP contribution in [-0.2, 0) is 6.42 Å². The number of nitro benzene ring substituents is 1. The van der Waals surface area contributed by atoms with Crippen molar-refractivity contribution in [1.29, 1.82) is 0 Å². The van der Waals surface area contributed by atoms with Crippen molar-refractivity contribution in [2.75, 3.05) is 5.32 Å². The van der Waals surface area contributed by atoms with Crippen LogP contribution < -0.4 is 5.32 Å². The van der Waals surface area contributed by atoms with Gasteiger partial charge in [0.05, 0.1) is 16.0 Å². The molecular weight excluding hydrogens is 298 g/mol. The van der Waals surface area contributed by atoms with E-state index < -0.39 is 4.92 Å². The highest BCUT2D eigenvalue weighted by atomic mass is 35.5. The van der Waals surface area contributed by atoms with E-state index in [0.717, 1.165) is 11.4 Å². The minimum atomic E-state index is -0.444. The molecule has 0 aliphatic carbocycles. The molecule has 20 heavy (non-hydrogen) atoms. The fourth-order valence-electron chi connectivity index (χ4n) is 1.77. The molecule has 0 aliphatic rings. The van der Waals surface area contributed by atoms with Gasteiger partial charge < -0.3 is 5.32 Å². The van der Waals surface area contributed by atoms with Gasteiger partial charge in [0.15, 0.2) is 0 Å². The van der Waals surface area contributed by atoms with Gasteiger partial charge in [-0.1, -0.05) is 24.6 Å². The fraction of sp³-hybridized carbons (Fsp3) is 0.308. The number of nitro groups is 1. The van der Waals surface area contributed by atoms with E-state index in [4.69, 9.17) is 11.6 Å². The Morgan fingerprint density at radius 3 is 2.90 bits per heavy atom. The van der Waals surface area contributed by atoms with E-state index in [1.54, 1.807) is 23.5 Å². The molecule has 5 nitrogen and oxygen atoms in total. The third-order valence-corrected chi connectivity index (χ3v) is 4.48. The third kappa shape index (κ3) is 3.08. The Hall–Kier alpha value is -1.66. The van der Waals surface area contributed by atoms with Gasteiger partial charge in [-0.15, -0.1) is 11.3 Å². The summed E-state index contributed by atoms with van der Waals surface area (Å²) in [4.78, 5) is 16.1. The lowest BCUT2D eigenvalue weighted by molar-refractivity contribution is -0.384. The Bertz CT molecular complexity index is 630. The highest BCUT2D eigenvalue weighted by Crippen LogP contribution is 2.35. The number of aromatic nitrogens is 1. The summed E-state index contributed by atoms with van der Waals surface area (Å²) in [5.74, 6) is 0. The second-order valence-electron chi connectivity index (χ2n) is 4.28. The molecule has 7 heteroatoms. The Morgan fingerprint density at radius 1 is 1.55 bits per heavy atom. The first-order chi connectivity index (χ1) is 9.52. The SMILES string of the molecule is CCc1cnc(C(C)Nc2c(Cl)cccc2[N+](=O)[O-])s1. The van der Waals surface area contributed by atoms with Gasteiger partial charge in [0, 0.05) is 17.1 Å². The van der Waals surface area contributed by atoms with E-state index >= 15 is 0 Å². The van der Waals surface area contributed by atoms with Crippen LogP contribution in [0.5, 0.6) is 0 Å². The summed E-state index contributed by atoms with van der Waals surface area (Å²) in [6, 6.07) is 4.48. The zero-order valence-electron chi connectivity index (χ0n) is 11.1. The molecule has 2 aromatic rings. The molecule has 0 saturated carbocycles. The Morgan fingerprint density at radius 2 is 2.30 bits per heavy atom. The van der Waals surface area contributed by atoms with E-state index in [-0.39, 0.29) is 11.7 Å². The van der Waals surface area contributed by atoms with Crippen LogP contribution in [-0.4, -0.2) is 9.91 Å². The van der Waals surface area contributed by atoms with E-state index in [2.05, 4.69) is 17.2 Å². The molecule has 1 N–H and O–H groups in total. The summed E-state index contributed by atoms with van der Waals surface area (Å²) in [6.45, 7) is 3.97. The Kier molecular flexibility index (Phi) is 4.57. The number of benzene rings is 1. The second-order valence-corrected chi connectivity index (χ2v) is 5.83. The lowest BCUT2D eigenvalue weighted by Gasteiger charge is -2.14. The number of hydrogen-bond acceptors (Lipinski definition) is 5. The average Bonchev–Trinajstić information content (AvgIpc) is 2.89. The molecule has 0 aliphatic heterocycles. The second kappa shape index (κ2) is 6.19. The van der Waals surface area contributed by atoms with Crippen LogP contribution in [0, 0.1) is 10.1 Å². The molecule has 0 amide bonds. The summed E-state index contributed by atoms with van der Waals surface area (Å²) < 4.78 is 0. The molecule has 0 radical (unpaired) electrons. The number of halogens is 1. The van der Waals surface area contributed by atoms with Crippen LogP contribution in [0.25, 0.3) is 0 Å². The highest BCUT2D eigenvalue weighted by Gasteiger charge is 2.20. The molecular formula is C13H14ClN3O2S. The van der Waals surface area contributed by atoms with Gasteiger partial charge in [0.25, 0.3) is 5.69 Å². The number of thiazole rings is 1. The highest BCUT2D eigenvalue weighted by molar-refractivity contribution is 7.11. The summed E-state index contributed by atoms with van der Waals surface area (Å²) in [7, 11) is 0. The maximum atomic E-state index is 11.0. The van der Waals surface area contributed by atoms with Crippen molar-refractivity contribution in [2.45, 2.75) is 26.3 Å². The molecule has 0 spiro atoms. The Labute approximate surface area is 125 Å². The van der Waals surface area contributed by atoms with Crippen molar-refractivity contribution < 1.29 is 4.92 Å². The van der Waals surface area contributed by atoms with Gasteiger partial charge >= 0.3 is 0 Å². The van der Waals surface area contributed by atoms with Crippen LogP contribution in [0.3, 0.4) is 0 Å². The minimum Gasteiger partial charge on any atom is -0.369 e. The third-order valence-electron chi connectivity index (χ3n) is 2.84. The fourth-order valence-corrected chi connectivity index (χ4v) is 2.86. The monoisotopic (exact) mass is 311 g/mol. The van der Waals surface area contributed by atoms with Crippen molar-refractivity contribution in [3.63, 3.8) is 0 Å². The summed E-state index contributed by atoms with van der Waals surface area (Å²) >= 11 is 7.65. The van der Waals surface area contributed by atoms with Crippen LogP contribution >= 0.6 is 22.9 Å². The molecule has 1 unspecified atom stereocenters. The predicted molar refractivity (Wildman–Crippen MR) is 81.6 cm³/mol. The van der Waals surface area contributed by atoms with Crippen LogP contribution in [0.15, 0.2) is 24.4 Å². The largest absolute Gasteiger partial charge is 0.369 e. The first-order valence-corrected chi connectivity index (χ1v) is 7.36. The van der Waals surface area contributed by atoms with E-state index in [1.807, 2.05) is 13.1 Å². The molecule has 0 fully saturated rings. The number of aryl methyl sites for hydroxylation is 1. The topological polar surface area (TPSA) is 68.1 Å². The van der Waals surface area contributed by atoms with Gasteiger partial charge in [-0.3, -0.25) is 10.1 Å². The smallest absolute Gasteiger partial charge is 0.293 e. The number of nitrogens with zero attached hydrogens (tertiary/aromatic N) is 2. The van der Waals surface area contributed by atoms with E-state index in [1.165, 1.54) is 10.9 Å². The summed E-state index contributed by atoms with van der Waals surface area (Å²) in [5.41, 5.74) is 0.302. The summed E-state index contributed by atoms with van der Waals surface area (Å²) in [6.07, 6.45) is 2.76. The lowest BCUT2D eigenvalue weighted by Crippen LogP contribution is -2.08. The predicted octanol–water partition coefficient (Wildman–Crippen LogP) is 4.44. The minimum absolute atomic E-state index is 0.0309. The van der Waals surface area contributed by atoms with E-state index in [0.29, 0.717) is 10.7 Å². The number of rotatable bonds is 5. The van der Waals surface area contributed by atoms with E-state index in [9.17, 15) is 10.1 Å². The molecule has 2 rings (SSSR count). The first kappa shape index (κ1) is 14.7. The summed E-state index contributed by atoms with van der Waals surface area (Å²) in [5, 5.41) is 15.3. The quantitative estimate of drug-likeness (QED) is 0.654. The van der Waals surface area contributed by atoms with Crippen LogP contribution in [0.4, 0.5) is 11.4 Å². The first-order valence-electron chi connectivity index (χ1n) is 6.17. The molecule has 1 aromatic carbocycles. The zero-order chi connectivity index (χ0) is 14.7. The maximum Gasteiger partial charge on any atom is 0.293 e.